The van der Waals surface area contributed by atoms with E-state index in [0.29, 0.717) is 30.9 Å². The van der Waals surface area contributed by atoms with Gasteiger partial charge in [0.05, 0.1) is 25.0 Å². The van der Waals surface area contributed by atoms with Crippen LogP contribution in [-0.2, 0) is 22.4 Å². The third kappa shape index (κ3) is 5.20. The Balaban J connectivity index is 1.41. The normalized spacial score (nSPS) is 12.6. The molecule has 176 valence electrons. The second kappa shape index (κ2) is 10.4. The van der Waals surface area contributed by atoms with E-state index in [2.05, 4.69) is 11.1 Å². The number of esters is 1. The molecule has 0 saturated heterocycles. The summed E-state index contributed by atoms with van der Waals surface area (Å²) in [6.45, 7) is 2.32. The first-order valence-electron chi connectivity index (χ1n) is 11.3. The highest BCUT2D eigenvalue weighted by Gasteiger charge is 2.18. The fourth-order valence-corrected chi connectivity index (χ4v) is 4.15. The summed E-state index contributed by atoms with van der Waals surface area (Å²) in [5, 5.41) is 9.03. The fourth-order valence-electron chi connectivity index (χ4n) is 4.15. The molecule has 1 heterocycles. The number of hydrogen-bond acceptors (Lipinski definition) is 6. The number of fused-ring (bicyclic) bond motifs is 1. The predicted molar refractivity (Wildman–Crippen MR) is 127 cm³/mol. The number of aromatic nitrogens is 1. The van der Waals surface area contributed by atoms with Gasteiger partial charge in [-0.2, -0.15) is 0 Å². The molecule has 0 bridgehead atoms. The highest BCUT2D eigenvalue weighted by molar-refractivity contribution is 5.89. The number of carboxylic acid groups (broad SMARTS) is 1. The van der Waals surface area contributed by atoms with Crippen LogP contribution in [0.15, 0.2) is 53.0 Å². The molecule has 0 fully saturated rings. The maximum atomic E-state index is 11.6. The number of aliphatic carboxylic acids is 1. The van der Waals surface area contributed by atoms with Crippen LogP contribution in [0.1, 0.15) is 52.2 Å². The van der Waals surface area contributed by atoms with Gasteiger partial charge in [0.2, 0.25) is 5.89 Å². The Morgan fingerprint density at radius 2 is 1.91 bits per heavy atom. The molecule has 1 aliphatic rings. The summed E-state index contributed by atoms with van der Waals surface area (Å²) in [5.74, 6) is 0.875. The molecular formula is C27H27NO6. The third-order valence-corrected chi connectivity index (χ3v) is 5.91. The smallest absolute Gasteiger partial charge is 0.337 e. The van der Waals surface area contributed by atoms with Gasteiger partial charge < -0.3 is 19.0 Å². The molecular weight excluding hydrogens is 434 g/mol. The van der Waals surface area contributed by atoms with Crippen molar-refractivity contribution in [1.29, 1.82) is 0 Å². The minimum Gasteiger partial charge on any atom is -0.493 e. The summed E-state index contributed by atoms with van der Waals surface area (Å²) in [6, 6.07) is 12.9. The molecule has 34 heavy (non-hydrogen) atoms. The van der Waals surface area contributed by atoms with Crippen molar-refractivity contribution in [2.24, 2.45) is 0 Å². The quantitative estimate of drug-likeness (QED) is 0.434. The molecule has 2 aromatic carbocycles. The molecule has 7 heteroatoms. The number of aryl methyl sites for hydroxylation is 1. The average molecular weight is 462 g/mol. The van der Waals surface area contributed by atoms with Gasteiger partial charge in [0, 0.05) is 24.0 Å². The van der Waals surface area contributed by atoms with Crippen molar-refractivity contribution in [3.63, 3.8) is 0 Å². The zero-order chi connectivity index (χ0) is 24.1. The highest BCUT2D eigenvalue weighted by Crippen LogP contribution is 2.35. The lowest BCUT2D eigenvalue weighted by molar-refractivity contribution is -0.136. The van der Waals surface area contributed by atoms with E-state index in [1.807, 2.05) is 25.1 Å². The second-order valence-corrected chi connectivity index (χ2v) is 8.13. The predicted octanol–water partition coefficient (Wildman–Crippen LogP) is 5.25. The molecule has 1 aliphatic carbocycles. The van der Waals surface area contributed by atoms with E-state index in [0.717, 1.165) is 52.3 Å². The van der Waals surface area contributed by atoms with Crippen LogP contribution in [0, 0.1) is 6.92 Å². The van der Waals surface area contributed by atoms with Crippen LogP contribution in [0.2, 0.25) is 0 Å². The van der Waals surface area contributed by atoms with Crippen molar-refractivity contribution in [3.05, 3.63) is 76.7 Å². The summed E-state index contributed by atoms with van der Waals surface area (Å²) in [6.07, 6.45) is 5.11. The van der Waals surface area contributed by atoms with Crippen LogP contribution in [0.4, 0.5) is 0 Å². The lowest BCUT2D eigenvalue weighted by Gasteiger charge is -2.20. The van der Waals surface area contributed by atoms with Crippen molar-refractivity contribution < 1.29 is 28.6 Å². The van der Waals surface area contributed by atoms with Crippen molar-refractivity contribution in [2.75, 3.05) is 13.7 Å². The molecule has 4 rings (SSSR count). The maximum Gasteiger partial charge on any atom is 0.337 e. The van der Waals surface area contributed by atoms with Gasteiger partial charge in [0.1, 0.15) is 11.5 Å². The zero-order valence-electron chi connectivity index (χ0n) is 19.3. The van der Waals surface area contributed by atoms with Gasteiger partial charge in [-0.1, -0.05) is 18.2 Å². The largest absolute Gasteiger partial charge is 0.493 e. The van der Waals surface area contributed by atoms with Crippen molar-refractivity contribution >= 4 is 17.5 Å². The van der Waals surface area contributed by atoms with Crippen LogP contribution < -0.4 is 4.74 Å². The number of benzene rings is 2. The van der Waals surface area contributed by atoms with Gasteiger partial charge in [-0.3, -0.25) is 4.79 Å². The summed E-state index contributed by atoms with van der Waals surface area (Å²) in [5.41, 5.74) is 5.35. The van der Waals surface area contributed by atoms with E-state index >= 15 is 0 Å². The SMILES string of the molecule is COC(=O)c1ccc(-c2nc(CCOc3cccc4c3CCC=C4CCC(=O)O)c(C)o2)cc1. The maximum absolute atomic E-state index is 11.6. The van der Waals surface area contributed by atoms with Gasteiger partial charge >= 0.3 is 11.9 Å². The van der Waals surface area contributed by atoms with Gasteiger partial charge in [-0.25, -0.2) is 9.78 Å². The number of carboxylic acids is 1. The molecule has 7 nitrogen and oxygen atoms in total. The summed E-state index contributed by atoms with van der Waals surface area (Å²) in [4.78, 5) is 27.2. The molecule has 0 amide bonds. The Morgan fingerprint density at radius 1 is 1.12 bits per heavy atom. The standard InChI is InChI=1S/C27H27NO6/c1-17-23(28-26(34-17)19-9-11-20(12-10-19)27(31)32-2)15-16-33-24-8-4-6-21-18(13-14-25(29)30)5-3-7-22(21)24/h4-6,8-12H,3,7,13-16H2,1-2H3,(H,29,30). The molecule has 0 aliphatic heterocycles. The van der Waals surface area contributed by atoms with Crippen LogP contribution in [0.3, 0.4) is 0 Å². The first-order chi connectivity index (χ1) is 16.5. The molecule has 0 radical (unpaired) electrons. The van der Waals surface area contributed by atoms with E-state index in [9.17, 15) is 9.59 Å². The van der Waals surface area contributed by atoms with Gasteiger partial charge in [-0.15, -0.1) is 0 Å². The zero-order valence-corrected chi connectivity index (χ0v) is 19.3. The van der Waals surface area contributed by atoms with Gasteiger partial charge in [0.25, 0.3) is 0 Å². The van der Waals surface area contributed by atoms with Crippen LogP contribution in [0.5, 0.6) is 5.75 Å². The third-order valence-electron chi connectivity index (χ3n) is 5.91. The Bertz CT molecular complexity index is 1220. The molecule has 1 N–H and O–H groups in total. The molecule has 0 spiro atoms. The van der Waals surface area contributed by atoms with Crippen molar-refractivity contribution in [3.8, 4) is 17.2 Å². The van der Waals surface area contributed by atoms with E-state index in [4.69, 9.17) is 19.0 Å². The monoisotopic (exact) mass is 461 g/mol. The summed E-state index contributed by atoms with van der Waals surface area (Å²) >= 11 is 0. The van der Waals surface area contributed by atoms with Crippen LogP contribution in [-0.4, -0.2) is 35.7 Å². The Morgan fingerprint density at radius 3 is 2.65 bits per heavy atom. The molecule has 1 aromatic heterocycles. The Hall–Kier alpha value is -3.87. The van der Waals surface area contributed by atoms with E-state index in [1.54, 1.807) is 24.3 Å². The number of nitrogens with zero attached hydrogens (tertiary/aromatic N) is 1. The van der Waals surface area contributed by atoms with Crippen molar-refractivity contribution in [2.45, 2.75) is 39.0 Å². The number of rotatable bonds is 9. The van der Waals surface area contributed by atoms with E-state index in [-0.39, 0.29) is 12.4 Å². The van der Waals surface area contributed by atoms with Crippen LogP contribution >= 0.6 is 0 Å². The highest BCUT2D eigenvalue weighted by atomic mass is 16.5. The number of oxazole rings is 1. The number of hydrogen-bond donors (Lipinski definition) is 1. The number of ether oxygens (including phenoxy) is 2. The molecule has 0 unspecified atom stereocenters. The van der Waals surface area contributed by atoms with E-state index < -0.39 is 5.97 Å². The average Bonchev–Trinajstić information content (AvgIpc) is 3.22. The van der Waals surface area contributed by atoms with E-state index in [1.165, 1.54) is 7.11 Å². The Kier molecular flexibility index (Phi) is 7.11. The number of carbonyl (C=O) groups excluding carboxylic acids is 1. The van der Waals surface area contributed by atoms with Gasteiger partial charge in [-0.05, 0) is 67.7 Å². The Labute approximate surface area is 198 Å². The number of methoxy groups -OCH3 is 1. The van der Waals surface area contributed by atoms with Crippen LogP contribution in [0.25, 0.3) is 17.0 Å². The first kappa shape index (κ1) is 23.3. The van der Waals surface area contributed by atoms with Crippen molar-refractivity contribution in [1.82, 2.24) is 4.98 Å². The topological polar surface area (TPSA) is 98.9 Å². The molecule has 0 saturated carbocycles. The number of carbonyl (C=O) groups is 2. The summed E-state index contributed by atoms with van der Waals surface area (Å²) < 4.78 is 16.7. The minimum absolute atomic E-state index is 0.121. The summed E-state index contributed by atoms with van der Waals surface area (Å²) in [7, 11) is 1.35. The lowest BCUT2D eigenvalue weighted by atomic mass is 9.88. The minimum atomic E-state index is -0.790. The molecule has 3 aromatic rings. The molecule has 0 atom stereocenters. The lowest BCUT2D eigenvalue weighted by Crippen LogP contribution is -2.08. The first-order valence-corrected chi connectivity index (χ1v) is 11.3. The van der Waals surface area contributed by atoms with Gasteiger partial charge in [0.15, 0.2) is 0 Å². The number of allylic oxidation sites excluding steroid dienone is 2. The second-order valence-electron chi connectivity index (χ2n) is 8.13. The fraction of sp³-hybridized carbons (Fsp3) is 0.296.